The Balaban J connectivity index is -0.0000000719. The quantitative estimate of drug-likeness (QED) is 0.532. The van der Waals surface area contributed by atoms with E-state index >= 15 is 0 Å². The molecule has 8 radical (unpaired) electrons. The number of rotatable bonds is 3. The molecule has 0 aliphatic carbocycles. The molecule has 1 aliphatic rings. The van der Waals surface area contributed by atoms with E-state index in [9.17, 15) is 0 Å². The Kier molecular flexibility index (Phi) is 52.9. The fourth-order valence-corrected chi connectivity index (χ4v) is 0.152. The minimum Gasteiger partial charge on any atom is -0.356 e. The van der Waals surface area contributed by atoms with Gasteiger partial charge >= 0.3 is 0 Å². The van der Waals surface area contributed by atoms with Crippen LogP contribution in [0, 0.1) is 20.8 Å². The Morgan fingerprint density at radius 3 is 1.33 bits per heavy atom. The summed E-state index contributed by atoms with van der Waals surface area (Å²) in [7, 11) is 0. The molecule has 0 N–H and O–H groups in total. The molecule has 18 heavy (non-hydrogen) atoms. The van der Waals surface area contributed by atoms with Gasteiger partial charge in [0, 0.05) is 23.9 Å². The molecule has 0 fully saturated rings. The zero-order valence-electron chi connectivity index (χ0n) is 12.4. The van der Waals surface area contributed by atoms with Gasteiger partial charge in [0.1, 0.15) is 6.20 Å². The summed E-state index contributed by atoms with van der Waals surface area (Å²) in [6.45, 7) is 17.2. The van der Waals surface area contributed by atoms with E-state index in [4.69, 9.17) is 0 Å². The molecule has 2 nitrogen and oxygen atoms in total. The second-order valence-electron chi connectivity index (χ2n) is 3.19. The molecular formula is C15H29NOSn. The SMILES string of the molecule is C1=C[N]OC=1.[CH2]CCC.[CH2]CCC.[CH2]CCC.[Sn]. The fourth-order valence-electron chi connectivity index (χ4n) is 0.152. The van der Waals surface area contributed by atoms with E-state index in [0.717, 1.165) is 19.3 Å². The average Bonchev–Trinajstić information content (AvgIpc) is 2.98. The molecule has 0 amide bonds. The molecule has 0 saturated heterocycles. The Labute approximate surface area is 132 Å². The van der Waals surface area contributed by atoms with E-state index < -0.39 is 0 Å². The van der Waals surface area contributed by atoms with Crippen molar-refractivity contribution >= 4 is 23.9 Å². The molecule has 0 bridgehead atoms. The number of unbranched alkanes of at least 4 members (excludes halogenated alkanes) is 3. The molecular weight excluding hydrogens is 329 g/mol. The van der Waals surface area contributed by atoms with Crippen LogP contribution in [0.3, 0.4) is 0 Å². The van der Waals surface area contributed by atoms with Gasteiger partial charge < -0.3 is 4.84 Å². The van der Waals surface area contributed by atoms with Gasteiger partial charge in [0.05, 0.1) is 0 Å². The van der Waals surface area contributed by atoms with Crippen molar-refractivity contribution in [1.29, 1.82) is 0 Å². The van der Waals surface area contributed by atoms with Crippen LogP contribution >= 0.6 is 0 Å². The first-order chi connectivity index (χ1) is 8.24. The molecule has 3 heteroatoms. The van der Waals surface area contributed by atoms with E-state index in [-0.39, 0.29) is 23.9 Å². The van der Waals surface area contributed by atoms with Crippen LogP contribution in [0.15, 0.2) is 18.2 Å². The predicted molar refractivity (Wildman–Crippen MR) is 82.4 cm³/mol. The van der Waals surface area contributed by atoms with Crippen molar-refractivity contribution in [3.05, 3.63) is 39.0 Å². The maximum atomic E-state index is 4.28. The monoisotopic (exact) mass is 359 g/mol. The average molecular weight is 358 g/mol. The third kappa shape index (κ3) is 56.5. The van der Waals surface area contributed by atoms with Crippen LogP contribution < -0.4 is 5.48 Å². The van der Waals surface area contributed by atoms with Gasteiger partial charge in [-0.2, -0.15) is 0 Å². The minimum atomic E-state index is 0. The van der Waals surface area contributed by atoms with Crippen molar-refractivity contribution in [2.75, 3.05) is 0 Å². The molecule has 1 heterocycles. The van der Waals surface area contributed by atoms with Gasteiger partial charge in [0.15, 0.2) is 6.26 Å². The minimum absolute atomic E-state index is 0. The maximum absolute atomic E-state index is 4.28. The molecule has 0 spiro atoms. The molecule has 0 saturated carbocycles. The summed E-state index contributed by atoms with van der Waals surface area (Å²) in [5, 5.41) is 0. The third-order valence-electron chi connectivity index (χ3n) is 1.37. The van der Waals surface area contributed by atoms with Gasteiger partial charge in [-0.3, -0.25) is 0 Å². The Morgan fingerprint density at radius 1 is 0.944 bits per heavy atom. The zero-order valence-corrected chi connectivity index (χ0v) is 15.2. The van der Waals surface area contributed by atoms with Crippen LogP contribution in [0.5, 0.6) is 0 Å². The molecule has 1 rings (SSSR count). The van der Waals surface area contributed by atoms with Crippen LogP contribution in [-0.2, 0) is 4.84 Å². The summed E-state index contributed by atoms with van der Waals surface area (Å²) >= 11 is 0. The van der Waals surface area contributed by atoms with Crippen molar-refractivity contribution in [3.63, 3.8) is 0 Å². The first kappa shape index (κ1) is 26.5. The normalized spacial score (nSPS) is 9.00. The van der Waals surface area contributed by atoms with E-state index in [1.807, 2.05) is 0 Å². The van der Waals surface area contributed by atoms with Crippen LogP contribution in [0.2, 0.25) is 0 Å². The van der Waals surface area contributed by atoms with Crippen LogP contribution in [-0.4, -0.2) is 23.9 Å². The summed E-state index contributed by atoms with van der Waals surface area (Å²) in [4.78, 5) is 4.28. The number of hydroxylamine groups is 1. The molecule has 0 unspecified atom stereocenters. The Morgan fingerprint density at radius 2 is 1.28 bits per heavy atom. The summed E-state index contributed by atoms with van der Waals surface area (Å²) in [5.41, 5.74) is 5.88. The van der Waals surface area contributed by atoms with Crippen LogP contribution in [0.4, 0.5) is 0 Å². The number of hydrogen-bond donors (Lipinski definition) is 0. The first-order valence-electron chi connectivity index (χ1n) is 6.38. The fraction of sp³-hybridized carbons (Fsp3) is 0.600. The standard InChI is InChI=1S/3C4H9.C3H2NO.Sn/c3*1-3-4-2;1-2-4-5-3-1;/h3*1,3-4H2,2H3;2-3H;. The smallest absolute Gasteiger partial charge is 0.166 e. The van der Waals surface area contributed by atoms with E-state index in [1.165, 1.54) is 31.7 Å². The van der Waals surface area contributed by atoms with Crippen molar-refractivity contribution in [2.24, 2.45) is 0 Å². The number of hydrogen-bond acceptors (Lipinski definition) is 1. The molecule has 104 valence electrons. The maximum Gasteiger partial charge on any atom is 0.166 e. The summed E-state index contributed by atoms with van der Waals surface area (Å²) in [6.07, 6.45) is 9.68. The Bertz CT molecular complexity index is 131. The molecule has 0 atom stereocenters. The van der Waals surface area contributed by atoms with Crippen LogP contribution in [0.1, 0.15) is 59.3 Å². The topological polar surface area (TPSA) is 23.3 Å². The van der Waals surface area contributed by atoms with Gasteiger partial charge in [-0.25, -0.2) is 0 Å². The summed E-state index contributed by atoms with van der Waals surface area (Å²) < 4.78 is 0. The van der Waals surface area contributed by atoms with Gasteiger partial charge in [-0.05, 0) is 0 Å². The van der Waals surface area contributed by atoms with E-state index in [0.29, 0.717) is 0 Å². The third-order valence-corrected chi connectivity index (χ3v) is 1.37. The molecule has 0 aromatic carbocycles. The largest absolute Gasteiger partial charge is 0.356 e. The van der Waals surface area contributed by atoms with Crippen molar-refractivity contribution in [2.45, 2.75) is 59.3 Å². The van der Waals surface area contributed by atoms with Crippen molar-refractivity contribution < 1.29 is 4.84 Å². The van der Waals surface area contributed by atoms with Crippen molar-refractivity contribution in [3.8, 4) is 0 Å². The zero-order chi connectivity index (χ0) is 13.8. The Hall–Kier alpha value is -0.0813. The van der Waals surface area contributed by atoms with Gasteiger partial charge in [0.25, 0.3) is 0 Å². The van der Waals surface area contributed by atoms with E-state index in [2.05, 4.69) is 57.6 Å². The van der Waals surface area contributed by atoms with Crippen LogP contribution in [0.25, 0.3) is 0 Å². The summed E-state index contributed by atoms with van der Waals surface area (Å²) in [5.74, 6) is 0. The second kappa shape index (κ2) is 36.0. The van der Waals surface area contributed by atoms with E-state index in [1.54, 1.807) is 0 Å². The summed E-state index contributed by atoms with van der Waals surface area (Å²) in [6, 6.07) is 0. The number of nitrogens with zero attached hydrogens (tertiary/aromatic N) is 1. The molecule has 1 aliphatic heterocycles. The molecule has 0 aromatic rings. The molecule has 0 aromatic heterocycles. The van der Waals surface area contributed by atoms with Gasteiger partial charge in [-0.1, -0.05) is 91.3 Å². The van der Waals surface area contributed by atoms with Gasteiger partial charge in [0.2, 0.25) is 0 Å². The first-order valence-corrected chi connectivity index (χ1v) is 6.38. The predicted octanol–water partition coefficient (Wildman–Crippen LogP) is 4.64. The second-order valence-corrected chi connectivity index (χ2v) is 3.19. The van der Waals surface area contributed by atoms with Gasteiger partial charge in [-0.15, -0.1) is 0 Å². The van der Waals surface area contributed by atoms with Crippen molar-refractivity contribution in [1.82, 2.24) is 5.48 Å².